The second-order valence-corrected chi connectivity index (χ2v) is 6.03. The second-order valence-electron chi connectivity index (χ2n) is 5.11. The third-order valence-corrected chi connectivity index (χ3v) is 3.38. The van der Waals surface area contributed by atoms with Crippen LogP contribution in [0.15, 0.2) is 29.3 Å². The molecular formula is C13H19BrN6. The minimum atomic E-state index is -0.0462. The highest BCUT2D eigenvalue weighted by Crippen LogP contribution is 2.19. The van der Waals surface area contributed by atoms with Gasteiger partial charge in [-0.1, -0.05) is 13.8 Å². The van der Waals surface area contributed by atoms with Crippen LogP contribution in [0.4, 0.5) is 0 Å². The van der Waals surface area contributed by atoms with Crippen molar-refractivity contribution in [2.24, 2.45) is 11.8 Å². The maximum absolute atomic E-state index is 5.67. The van der Waals surface area contributed by atoms with Gasteiger partial charge in [0.25, 0.3) is 0 Å². The first-order chi connectivity index (χ1) is 9.60. The lowest BCUT2D eigenvalue weighted by Crippen LogP contribution is -2.30. The Labute approximate surface area is 126 Å². The van der Waals surface area contributed by atoms with Gasteiger partial charge in [-0.15, -0.1) is 0 Å². The molecule has 0 spiro atoms. The standard InChI is InChI=1S/C13H19BrN6/c1-9(2)7-20-13(17-8-18-20)4-12(19-15)10-3-11(14)6-16-5-10/h3,5-6,8-9,12,19H,4,7,15H2,1-2H3. The monoisotopic (exact) mass is 338 g/mol. The van der Waals surface area contributed by atoms with Crippen LogP contribution in [0.3, 0.4) is 0 Å². The van der Waals surface area contributed by atoms with Crippen molar-refractivity contribution in [1.29, 1.82) is 0 Å². The van der Waals surface area contributed by atoms with Crippen molar-refractivity contribution in [2.75, 3.05) is 0 Å². The fourth-order valence-electron chi connectivity index (χ4n) is 2.02. The number of hydrogen-bond donors (Lipinski definition) is 2. The lowest BCUT2D eigenvalue weighted by Gasteiger charge is -2.16. The molecule has 0 saturated heterocycles. The summed E-state index contributed by atoms with van der Waals surface area (Å²) in [7, 11) is 0. The zero-order valence-electron chi connectivity index (χ0n) is 11.6. The lowest BCUT2D eigenvalue weighted by molar-refractivity contribution is 0.446. The number of nitrogens with one attached hydrogen (secondary N) is 1. The van der Waals surface area contributed by atoms with Crippen molar-refractivity contribution in [3.05, 3.63) is 40.6 Å². The number of nitrogens with two attached hydrogens (primary N) is 1. The Balaban J connectivity index is 2.16. The van der Waals surface area contributed by atoms with Crippen LogP contribution in [0.1, 0.15) is 31.3 Å². The highest BCUT2D eigenvalue weighted by molar-refractivity contribution is 9.10. The molecule has 20 heavy (non-hydrogen) atoms. The van der Waals surface area contributed by atoms with Gasteiger partial charge in [-0.05, 0) is 33.5 Å². The molecule has 0 fully saturated rings. The van der Waals surface area contributed by atoms with Gasteiger partial charge < -0.3 is 0 Å². The van der Waals surface area contributed by atoms with Crippen LogP contribution in [0.25, 0.3) is 0 Å². The predicted octanol–water partition coefficient (Wildman–Crippen LogP) is 1.84. The molecule has 6 nitrogen and oxygen atoms in total. The number of halogens is 1. The van der Waals surface area contributed by atoms with Crippen molar-refractivity contribution < 1.29 is 0 Å². The molecule has 0 radical (unpaired) electrons. The van der Waals surface area contributed by atoms with E-state index >= 15 is 0 Å². The summed E-state index contributed by atoms with van der Waals surface area (Å²) in [6.45, 7) is 5.16. The molecule has 2 heterocycles. The fourth-order valence-corrected chi connectivity index (χ4v) is 2.40. The van der Waals surface area contributed by atoms with E-state index in [4.69, 9.17) is 5.84 Å². The molecule has 0 saturated carbocycles. The summed E-state index contributed by atoms with van der Waals surface area (Å²) in [5, 5.41) is 4.27. The van der Waals surface area contributed by atoms with E-state index in [1.54, 1.807) is 18.7 Å². The molecule has 3 N–H and O–H groups in total. The van der Waals surface area contributed by atoms with Gasteiger partial charge in [0.15, 0.2) is 0 Å². The van der Waals surface area contributed by atoms with E-state index in [1.165, 1.54) is 0 Å². The molecule has 0 aliphatic rings. The zero-order valence-corrected chi connectivity index (χ0v) is 13.2. The number of hydrazine groups is 1. The molecule has 0 amide bonds. The Morgan fingerprint density at radius 1 is 1.40 bits per heavy atom. The van der Waals surface area contributed by atoms with E-state index in [-0.39, 0.29) is 6.04 Å². The third-order valence-electron chi connectivity index (χ3n) is 2.95. The van der Waals surface area contributed by atoms with Crippen LogP contribution < -0.4 is 11.3 Å². The molecule has 1 atom stereocenters. The molecule has 0 aliphatic heterocycles. The number of rotatable bonds is 6. The summed E-state index contributed by atoms with van der Waals surface area (Å²) in [4.78, 5) is 8.50. The molecule has 2 rings (SSSR count). The quantitative estimate of drug-likeness (QED) is 0.620. The molecule has 108 valence electrons. The predicted molar refractivity (Wildman–Crippen MR) is 80.6 cm³/mol. The van der Waals surface area contributed by atoms with Crippen LogP contribution in [-0.2, 0) is 13.0 Å². The summed E-state index contributed by atoms with van der Waals surface area (Å²) in [6, 6.07) is 1.95. The van der Waals surface area contributed by atoms with E-state index in [0.29, 0.717) is 12.3 Å². The van der Waals surface area contributed by atoms with Gasteiger partial charge in [-0.3, -0.25) is 16.3 Å². The van der Waals surface area contributed by atoms with Crippen molar-refractivity contribution in [1.82, 2.24) is 25.2 Å². The maximum Gasteiger partial charge on any atom is 0.138 e. The first kappa shape index (κ1) is 15.1. The molecule has 0 bridgehead atoms. The smallest absolute Gasteiger partial charge is 0.138 e. The van der Waals surface area contributed by atoms with Crippen LogP contribution >= 0.6 is 15.9 Å². The first-order valence-electron chi connectivity index (χ1n) is 6.53. The van der Waals surface area contributed by atoms with E-state index in [2.05, 4.69) is 50.3 Å². The Morgan fingerprint density at radius 3 is 2.85 bits per heavy atom. The van der Waals surface area contributed by atoms with E-state index in [0.717, 1.165) is 22.4 Å². The Hall–Kier alpha value is -1.31. The number of nitrogens with zero attached hydrogens (tertiary/aromatic N) is 4. The summed E-state index contributed by atoms with van der Waals surface area (Å²) >= 11 is 3.42. The largest absolute Gasteiger partial charge is 0.271 e. The highest BCUT2D eigenvalue weighted by atomic mass is 79.9. The summed E-state index contributed by atoms with van der Waals surface area (Å²) in [5.74, 6) is 7.11. The SMILES string of the molecule is CC(C)Cn1ncnc1CC(NN)c1cncc(Br)c1. The summed E-state index contributed by atoms with van der Waals surface area (Å²) in [5.41, 5.74) is 3.84. The average molecular weight is 339 g/mol. The van der Waals surface area contributed by atoms with Crippen LogP contribution in [-0.4, -0.2) is 19.7 Å². The Bertz CT molecular complexity index is 553. The Morgan fingerprint density at radius 2 is 2.20 bits per heavy atom. The second kappa shape index (κ2) is 6.92. The fraction of sp³-hybridized carbons (Fsp3) is 0.462. The average Bonchev–Trinajstić information content (AvgIpc) is 2.82. The topological polar surface area (TPSA) is 81.7 Å². The number of pyridine rings is 1. The summed E-state index contributed by atoms with van der Waals surface area (Å²) < 4.78 is 2.86. The lowest BCUT2D eigenvalue weighted by atomic mass is 10.1. The minimum absolute atomic E-state index is 0.0462. The van der Waals surface area contributed by atoms with Gasteiger partial charge in [-0.25, -0.2) is 9.67 Å². The maximum atomic E-state index is 5.67. The van der Waals surface area contributed by atoms with E-state index in [9.17, 15) is 0 Å². The van der Waals surface area contributed by atoms with Gasteiger partial charge in [0, 0.05) is 29.8 Å². The minimum Gasteiger partial charge on any atom is -0.271 e. The first-order valence-corrected chi connectivity index (χ1v) is 7.32. The molecule has 1 unspecified atom stereocenters. The van der Waals surface area contributed by atoms with E-state index < -0.39 is 0 Å². The molecule has 0 aromatic carbocycles. The van der Waals surface area contributed by atoms with Gasteiger partial charge in [0.1, 0.15) is 12.2 Å². The van der Waals surface area contributed by atoms with Gasteiger partial charge in [0.05, 0.1) is 6.04 Å². The van der Waals surface area contributed by atoms with Crippen LogP contribution in [0.2, 0.25) is 0 Å². The molecule has 2 aromatic heterocycles. The van der Waals surface area contributed by atoms with Crippen molar-refractivity contribution >= 4 is 15.9 Å². The van der Waals surface area contributed by atoms with Gasteiger partial charge in [0.2, 0.25) is 0 Å². The van der Waals surface area contributed by atoms with E-state index in [1.807, 2.05) is 10.7 Å². The summed E-state index contributed by atoms with van der Waals surface area (Å²) in [6.07, 6.45) is 5.81. The zero-order chi connectivity index (χ0) is 14.5. The molecular weight excluding hydrogens is 320 g/mol. The number of hydrogen-bond acceptors (Lipinski definition) is 5. The van der Waals surface area contributed by atoms with Crippen molar-refractivity contribution in [3.8, 4) is 0 Å². The normalized spacial score (nSPS) is 12.8. The molecule has 0 aliphatic carbocycles. The molecule has 7 heteroatoms. The molecule has 2 aromatic rings. The van der Waals surface area contributed by atoms with Gasteiger partial charge in [-0.2, -0.15) is 5.10 Å². The number of aromatic nitrogens is 4. The Kier molecular flexibility index (Phi) is 5.22. The van der Waals surface area contributed by atoms with Gasteiger partial charge >= 0.3 is 0 Å². The highest BCUT2D eigenvalue weighted by Gasteiger charge is 2.15. The van der Waals surface area contributed by atoms with Crippen molar-refractivity contribution in [2.45, 2.75) is 32.9 Å². The van der Waals surface area contributed by atoms with Crippen LogP contribution in [0, 0.1) is 5.92 Å². The van der Waals surface area contributed by atoms with Crippen LogP contribution in [0.5, 0.6) is 0 Å². The third kappa shape index (κ3) is 3.84. The van der Waals surface area contributed by atoms with Crippen molar-refractivity contribution in [3.63, 3.8) is 0 Å².